The van der Waals surface area contributed by atoms with Crippen molar-refractivity contribution in [1.29, 1.82) is 0 Å². The topological polar surface area (TPSA) is 152 Å². The van der Waals surface area contributed by atoms with E-state index in [0.29, 0.717) is 66.7 Å². The van der Waals surface area contributed by atoms with E-state index in [0.717, 1.165) is 53.5 Å². The molecule has 6 heterocycles. The number of anilines is 2. The van der Waals surface area contributed by atoms with Crippen molar-refractivity contribution in [2.24, 2.45) is 13.0 Å². The van der Waals surface area contributed by atoms with Gasteiger partial charge >= 0.3 is 5.97 Å². The van der Waals surface area contributed by atoms with Gasteiger partial charge in [0.05, 0.1) is 26.2 Å². The zero-order valence-corrected chi connectivity index (χ0v) is 31.4. The number of carbonyl (C=O) groups is 4. The molecule has 276 valence electrons. The number of piperidine rings is 1. The average Bonchev–Trinajstić information content (AvgIpc) is 3.77. The number of fused-ring (bicyclic) bond motifs is 1. The average molecular weight is 749 g/mol. The van der Waals surface area contributed by atoms with E-state index >= 15 is 0 Å². The molecule has 1 aromatic carbocycles. The van der Waals surface area contributed by atoms with Crippen LogP contribution in [-0.4, -0.2) is 92.0 Å². The van der Waals surface area contributed by atoms with E-state index in [4.69, 9.17) is 14.6 Å². The number of amides is 3. The Kier molecular flexibility index (Phi) is 10.9. The van der Waals surface area contributed by atoms with Gasteiger partial charge in [0.15, 0.2) is 0 Å². The number of benzene rings is 1. The van der Waals surface area contributed by atoms with Crippen LogP contribution in [0.4, 0.5) is 11.6 Å². The molecule has 1 atom stereocenters. The highest BCUT2D eigenvalue weighted by molar-refractivity contribution is 8.76. The van der Waals surface area contributed by atoms with Gasteiger partial charge in [-0.25, -0.2) is 9.78 Å². The minimum Gasteiger partial charge on any atom is -0.379 e. The number of hydroxylamine groups is 2. The van der Waals surface area contributed by atoms with Gasteiger partial charge in [0.25, 0.3) is 17.7 Å². The maximum Gasteiger partial charge on any atom is 0.334 e. The van der Waals surface area contributed by atoms with E-state index in [2.05, 4.69) is 39.5 Å². The van der Waals surface area contributed by atoms with Gasteiger partial charge < -0.3 is 19.5 Å². The molecule has 7 rings (SSSR count). The molecule has 1 N–H and O–H groups in total. The van der Waals surface area contributed by atoms with Crippen molar-refractivity contribution in [3.8, 4) is 0 Å². The number of hydrogen-bond donors (Lipinski definition) is 1. The molecule has 0 aliphatic carbocycles. The highest BCUT2D eigenvalue weighted by Gasteiger charge is 2.43. The summed E-state index contributed by atoms with van der Waals surface area (Å²) < 4.78 is 7.69. The van der Waals surface area contributed by atoms with Crippen LogP contribution in [0.2, 0.25) is 0 Å². The molecule has 4 aliphatic heterocycles. The number of nitrogens with zero attached hydrogens (tertiary/aromatic N) is 7. The Morgan fingerprint density at radius 3 is 2.63 bits per heavy atom. The number of aromatic nitrogens is 4. The molecule has 0 unspecified atom stereocenters. The molecule has 4 aliphatic rings. The summed E-state index contributed by atoms with van der Waals surface area (Å²) in [6, 6.07) is 8.28. The Morgan fingerprint density at radius 1 is 1.13 bits per heavy atom. The molecule has 3 amide bonds. The van der Waals surface area contributed by atoms with E-state index in [-0.39, 0.29) is 30.6 Å². The number of aryl methyl sites for hydroxylation is 1. The highest BCUT2D eigenvalue weighted by Crippen LogP contribution is 2.43. The first kappa shape index (κ1) is 36.4. The highest BCUT2D eigenvalue weighted by atomic mass is 33.1. The maximum absolute atomic E-state index is 14.4. The van der Waals surface area contributed by atoms with Crippen LogP contribution in [0.5, 0.6) is 0 Å². The normalized spacial score (nSPS) is 20.0. The van der Waals surface area contributed by atoms with Crippen LogP contribution in [0.3, 0.4) is 0 Å². The standard InChI is InChI=1S/C36H44N8O6S2/c1-4-37-29-14-25(36(20-49-21-36)16-31-40-38-22-41(31)3)15-30(39-29)43-19-27-26(35(43)48)12-24(18-42-10-5-6-23(2)17-42)13-28(27)52-51-11-9-34(47)50-44-32(45)7-8-33(44)46/h12-15,22-23H,4-11,16-21H2,1-3H3,(H,37,39)/t23-/m0/s1. The van der Waals surface area contributed by atoms with E-state index in [1.54, 1.807) is 11.2 Å². The lowest BCUT2D eigenvalue weighted by Gasteiger charge is -2.42. The molecule has 0 bridgehead atoms. The molecule has 16 heteroatoms. The number of carbonyl (C=O) groups excluding carboxylic acids is 4. The summed E-state index contributed by atoms with van der Waals surface area (Å²) in [7, 11) is 4.93. The second-order valence-corrected chi connectivity index (χ2v) is 16.6. The van der Waals surface area contributed by atoms with Gasteiger partial charge in [0.2, 0.25) is 0 Å². The van der Waals surface area contributed by atoms with Crippen molar-refractivity contribution in [3.63, 3.8) is 0 Å². The second kappa shape index (κ2) is 15.5. The summed E-state index contributed by atoms with van der Waals surface area (Å²) in [5.74, 6) is 1.42. The molecular weight excluding hydrogens is 705 g/mol. The van der Waals surface area contributed by atoms with Gasteiger partial charge in [-0.15, -0.1) is 15.3 Å². The Morgan fingerprint density at radius 2 is 1.94 bits per heavy atom. The van der Waals surface area contributed by atoms with Crippen molar-refractivity contribution in [2.45, 2.75) is 75.8 Å². The summed E-state index contributed by atoms with van der Waals surface area (Å²) >= 11 is 0. The van der Waals surface area contributed by atoms with Gasteiger partial charge in [-0.2, -0.15) is 0 Å². The van der Waals surface area contributed by atoms with E-state index < -0.39 is 17.8 Å². The summed E-state index contributed by atoms with van der Waals surface area (Å²) in [5.41, 5.74) is 3.35. The largest absolute Gasteiger partial charge is 0.379 e. The van der Waals surface area contributed by atoms with Crippen LogP contribution in [0.15, 0.2) is 35.5 Å². The maximum atomic E-state index is 14.4. The summed E-state index contributed by atoms with van der Waals surface area (Å²) in [4.78, 5) is 65.7. The van der Waals surface area contributed by atoms with Crippen LogP contribution in [0.25, 0.3) is 0 Å². The molecule has 2 aromatic heterocycles. The third-order valence-corrected chi connectivity index (χ3v) is 12.5. The van der Waals surface area contributed by atoms with E-state index in [1.807, 2.05) is 30.7 Å². The van der Waals surface area contributed by atoms with Gasteiger partial charge in [-0.05, 0) is 73.2 Å². The van der Waals surface area contributed by atoms with Crippen LogP contribution in [0.1, 0.15) is 78.8 Å². The number of pyridine rings is 1. The lowest BCUT2D eigenvalue weighted by atomic mass is 9.75. The van der Waals surface area contributed by atoms with Crippen molar-refractivity contribution in [1.82, 2.24) is 29.7 Å². The molecule has 3 saturated heterocycles. The van der Waals surface area contributed by atoms with Crippen molar-refractivity contribution < 1.29 is 28.8 Å². The third-order valence-electron chi connectivity index (χ3n) is 10.1. The van der Waals surface area contributed by atoms with Gasteiger partial charge in [0, 0.05) is 67.6 Å². The van der Waals surface area contributed by atoms with Crippen LogP contribution < -0.4 is 10.2 Å². The first-order valence-electron chi connectivity index (χ1n) is 17.9. The summed E-state index contributed by atoms with van der Waals surface area (Å²) in [6.07, 6.45) is 4.85. The minimum atomic E-state index is -0.632. The fourth-order valence-corrected chi connectivity index (χ4v) is 9.49. The Hall–Kier alpha value is -3.99. The lowest BCUT2D eigenvalue weighted by molar-refractivity contribution is -0.197. The molecule has 0 saturated carbocycles. The fraction of sp³-hybridized carbons (Fsp3) is 0.528. The fourth-order valence-electron chi connectivity index (χ4n) is 7.23. The minimum absolute atomic E-state index is 0.0249. The monoisotopic (exact) mass is 748 g/mol. The second-order valence-electron chi connectivity index (χ2n) is 14.1. The zero-order valence-electron chi connectivity index (χ0n) is 29.8. The number of likely N-dealkylation sites (tertiary alicyclic amines) is 1. The number of ether oxygens (including phenoxy) is 1. The molecule has 0 spiro atoms. The van der Waals surface area contributed by atoms with Crippen molar-refractivity contribution >= 4 is 56.9 Å². The Labute approximate surface area is 310 Å². The van der Waals surface area contributed by atoms with Crippen molar-refractivity contribution in [2.75, 3.05) is 48.8 Å². The van der Waals surface area contributed by atoms with Crippen LogP contribution in [0, 0.1) is 5.92 Å². The smallest absolute Gasteiger partial charge is 0.334 e. The van der Waals surface area contributed by atoms with Gasteiger partial charge in [-0.1, -0.05) is 28.5 Å². The van der Waals surface area contributed by atoms with E-state index in [1.165, 1.54) is 28.0 Å². The quantitative estimate of drug-likeness (QED) is 0.142. The number of imide groups is 1. The van der Waals surface area contributed by atoms with Crippen LogP contribution in [-0.2, 0) is 55.9 Å². The van der Waals surface area contributed by atoms with Gasteiger partial charge in [-0.3, -0.25) is 24.2 Å². The summed E-state index contributed by atoms with van der Waals surface area (Å²) in [6.45, 7) is 9.16. The molecular formula is C36H44N8O6S2. The number of rotatable bonds is 14. The van der Waals surface area contributed by atoms with Crippen molar-refractivity contribution in [3.05, 3.63) is 58.7 Å². The van der Waals surface area contributed by atoms with Gasteiger partial charge in [0.1, 0.15) is 23.8 Å². The predicted molar refractivity (Wildman–Crippen MR) is 196 cm³/mol. The molecule has 3 aromatic rings. The van der Waals surface area contributed by atoms with E-state index in [9.17, 15) is 19.2 Å². The molecule has 3 fully saturated rings. The molecule has 14 nitrogen and oxygen atoms in total. The molecule has 0 radical (unpaired) electrons. The Bertz CT molecular complexity index is 1850. The number of hydrogen-bond acceptors (Lipinski definition) is 13. The first-order chi connectivity index (χ1) is 25.1. The third kappa shape index (κ3) is 7.70. The van der Waals surface area contributed by atoms with Crippen LogP contribution >= 0.6 is 21.6 Å². The lowest BCUT2D eigenvalue weighted by Crippen LogP contribution is -2.49. The number of nitrogens with one attached hydrogen (secondary N) is 1. The molecule has 52 heavy (non-hydrogen) atoms. The zero-order chi connectivity index (χ0) is 36.4. The SMILES string of the molecule is CCNc1cc(C2(Cc3nncn3C)COC2)cc(N2Cc3c(SSCCC(=O)ON4C(=O)CCC4=O)cc(CN4CCC[C@H](C)C4)cc3C2=O)n1. The summed E-state index contributed by atoms with van der Waals surface area (Å²) in [5, 5.41) is 12.4. The Balaban J connectivity index is 1.13. The predicted octanol–water partition coefficient (Wildman–Crippen LogP) is 4.28. The first-order valence-corrected chi connectivity index (χ1v) is 20.2.